The second kappa shape index (κ2) is 10.7. The lowest BCUT2D eigenvalue weighted by molar-refractivity contribution is 0.182. The zero-order valence-corrected chi connectivity index (χ0v) is 19.8. The normalized spacial score (nSPS) is 20.9. The molecule has 2 N–H and O–H groups in total. The molecule has 0 spiro atoms. The van der Waals surface area contributed by atoms with Crippen molar-refractivity contribution in [2.75, 3.05) is 36.8 Å². The quantitative estimate of drug-likeness (QED) is 0.620. The molecule has 6 nitrogen and oxygen atoms in total. The predicted octanol–water partition coefficient (Wildman–Crippen LogP) is 5.81. The molecule has 2 saturated heterocycles. The largest absolute Gasteiger partial charge is 0.324 e. The maximum Gasteiger partial charge on any atom is 0.321 e. The molecule has 33 heavy (non-hydrogen) atoms. The molecule has 0 radical (unpaired) electrons. The highest BCUT2D eigenvalue weighted by Gasteiger charge is 2.21. The van der Waals surface area contributed by atoms with Crippen molar-refractivity contribution in [3.8, 4) is 0 Å². The minimum Gasteiger partial charge on any atom is -0.324 e. The van der Waals surface area contributed by atoms with Gasteiger partial charge in [0, 0.05) is 37.6 Å². The fraction of sp³-hybridized carbons (Fsp3) is 0.481. The van der Waals surface area contributed by atoms with E-state index in [0.29, 0.717) is 11.8 Å². The number of urea groups is 2. The molecular weight excluding hydrogens is 412 g/mol. The van der Waals surface area contributed by atoms with Crippen molar-refractivity contribution in [1.29, 1.82) is 0 Å². The SMILES string of the molecule is C[C@@H]1CCCN(C(=O)Nc2ccc(Cc3ccc(NC(=O)N4CCC[C@H](C)C4)cc3)cc2)C1. The Balaban J connectivity index is 1.27. The third-order valence-corrected chi connectivity index (χ3v) is 6.71. The number of piperidine rings is 2. The van der Waals surface area contributed by atoms with E-state index in [9.17, 15) is 9.59 Å². The minimum absolute atomic E-state index is 0.00838. The van der Waals surface area contributed by atoms with Crippen LogP contribution in [0.4, 0.5) is 21.0 Å². The molecular formula is C27H36N4O2. The third kappa shape index (κ3) is 6.50. The van der Waals surface area contributed by atoms with Crippen LogP contribution in [0.1, 0.15) is 50.7 Å². The van der Waals surface area contributed by atoms with Crippen LogP contribution < -0.4 is 10.6 Å². The average Bonchev–Trinajstić information content (AvgIpc) is 2.81. The second-order valence-corrected chi connectivity index (χ2v) is 9.82. The number of nitrogens with one attached hydrogen (secondary N) is 2. The average molecular weight is 449 g/mol. The smallest absolute Gasteiger partial charge is 0.321 e. The molecule has 2 aromatic rings. The molecule has 0 aliphatic carbocycles. The van der Waals surface area contributed by atoms with E-state index in [2.05, 4.69) is 48.7 Å². The molecule has 176 valence electrons. The van der Waals surface area contributed by atoms with E-state index >= 15 is 0 Å². The number of hydrogen-bond donors (Lipinski definition) is 2. The monoisotopic (exact) mass is 448 g/mol. The van der Waals surface area contributed by atoms with Gasteiger partial charge in [0.25, 0.3) is 0 Å². The van der Waals surface area contributed by atoms with Crippen molar-refractivity contribution in [3.05, 3.63) is 59.7 Å². The van der Waals surface area contributed by atoms with Crippen LogP contribution >= 0.6 is 0 Å². The molecule has 6 heteroatoms. The van der Waals surface area contributed by atoms with Gasteiger partial charge >= 0.3 is 12.1 Å². The summed E-state index contributed by atoms with van der Waals surface area (Å²) in [6.45, 7) is 7.73. The Bertz CT molecular complexity index is 864. The fourth-order valence-corrected chi connectivity index (χ4v) is 4.80. The van der Waals surface area contributed by atoms with Crippen LogP contribution in [0.5, 0.6) is 0 Å². The van der Waals surface area contributed by atoms with Crippen molar-refractivity contribution in [2.45, 2.75) is 46.0 Å². The van der Waals surface area contributed by atoms with E-state index < -0.39 is 0 Å². The summed E-state index contributed by atoms with van der Waals surface area (Å²) >= 11 is 0. The third-order valence-electron chi connectivity index (χ3n) is 6.71. The zero-order valence-electron chi connectivity index (χ0n) is 19.8. The summed E-state index contributed by atoms with van der Waals surface area (Å²) in [4.78, 5) is 28.8. The first-order valence-corrected chi connectivity index (χ1v) is 12.3. The number of rotatable bonds is 4. The molecule has 0 unspecified atom stereocenters. The summed E-state index contributed by atoms with van der Waals surface area (Å²) in [6.07, 6.45) is 5.35. The van der Waals surface area contributed by atoms with Crippen molar-refractivity contribution in [2.24, 2.45) is 11.8 Å². The van der Waals surface area contributed by atoms with E-state index in [1.807, 2.05) is 34.1 Å². The van der Waals surface area contributed by atoms with Gasteiger partial charge in [0.05, 0.1) is 0 Å². The minimum atomic E-state index is -0.00838. The molecule has 2 heterocycles. The Labute approximate surface area is 197 Å². The van der Waals surface area contributed by atoms with Gasteiger partial charge in [0.2, 0.25) is 0 Å². The van der Waals surface area contributed by atoms with Gasteiger partial charge in [0.15, 0.2) is 0 Å². The molecule has 2 atom stereocenters. The lowest BCUT2D eigenvalue weighted by Crippen LogP contribution is -2.41. The van der Waals surface area contributed by atoms with Gasteiger partial charge in [-0.1, -0.05) is 38.1 Å². The van der Waals surface area contributed by atoms with E-state index in [0.717, 1.165) is 56.8 Å². The van der Waals surface area contributed by atoms with E-state index in [-0.39, 0.29) is 12.1 Å². The summed E-state index contributed by atoms with van der Waals surface area (Å²) in [5.41, 5.74) is 4.01. The molecule has 2 aliphatic heterocycles. The van der Waals surface area contributed by atoms with Crippen LogP contribution in [0.3, 0.4) is 0 Å². The molecule has 2 aromatic carbocycles. The van der Waals surface area contributed by atoms with Gasteiger partial charge in [-0.2, -0.15) is 0 Å². The summed E-state index contributed by atoms with van der Waals surface area (Å²) in [6, 6.07) is 16.1. The number of nitrogens with zero attached hydrogens (tertiary/aromatic N) is 2. The van der Waals surface area contributed by atoms with E-state index in [4.69, 9.17) is 0 Å². The van der Waals surface area contributed by atoms with Crippen LogP contribution in [-0.2, 0) is 6.42 Å². The maximum absolute atomic E-state index is 12.5. The summed E-state index contributed by atoms with van der Waals surface area (Å²) in [7, 11) is 0. The highest BCUT2D eigenvalue weighted by atomic mass is 16.2. The number of likely N-dealkylation sites (tertiary alicyclic amines) is 2. The van der Waals surface area contributed by atoms with Gasteiger partial charge in [-0.3, -0.25) is 0 Å². The number of anilines is 2. The van der Waals surface area contributed by atoms with Crippen LogP contribution in [0.25, 0.3) is 0 Å². The van der Waals surface area contributed by atoms with Crippen molar-refractivity contribution in [1.82, 2.24) is 9.80 Å². The number of carbonyl (C=O) groups excluding carboxylic acids is 2. The molecule has 2 aliphatic rings. The zero-order chi connectivity index (χ0) is 23.2. The molecule has 0 saturated carbocycles. The Morgan fingerprint density at radius 2 is 1.12 bits per heavy atom. The van der Waals surface area contributed by atoms with Crippen molar-refractivity contribution in [3.63, 3.8) is 0 Å². The van der Waals surface area contributed by atoms with Gasteiger partial charge in [-0.15, -0.1) is 0 Å². The molecule has 0 bridgehead atoms. The standard InChI is InChI=1S/C27H36N4O2/c1-20-5-3-15-30(18-20)26(32)28-24-11-7-22(8-12-24)17-23-9-13-25(14-10-23)29-27(33)31-16-4-6-21(2)19-31/h7-14,20-21H,3-6,15-19H2,1-2H3,(H,28,32)(H,29,33)/t20-,21+. The number of benzene rings is 2. The molecule has 0 aromatic heterocycles. The van der Waals surface area contributed by atoms with E-state index in [1.54, 1.807) is 0 Å². The lowest BCUT2D eigenvalue weighted by Gasteiger charge is -2.31. The molecule has 4 amide bonds. The van der Waals surface area contributed by atoms with Crippen LogP contribution in [0, 0.1) is 11.8 Å². The molecule has 2 fully saturated rings. The van der Waals surface area contributed by atoms with Gasteiger partial charge in [-0.25, -0.2) is 9.59 Å². The Morgan fingerprint density at radius 3 is 1.48 bits per heavy atom. The molecule has 4 rings (SSSR count). The van der Waals surface area contributed by atoms with Crippen molar-refractivity contribution < 1.29 is 9.59 Å². The number of amides is 4. The number of hydrogen-bond acceptors (Lipinski definition) is 2. The first kappa shape index (κ1) is 23.1. The van der Waals surface area contributed by atoms with E-state index in [1.165, 1.54) is 24.0 Å². The topological polar surface area (TPSA) is 64.7 Å². The highest BCUT2D eigenvalue weighted by molar-refractivity contribution is 5.90. The predicted molar refractivity (Wildman–Crippen MR) is 134 cm³/mol. The Hall–Kier alpha value is -3.02. The second-order valence-electron chi connectivity index (χ2n) is 9.82. The highest BCUT2D eigenvalue weighted by Crippen LogP contribution is 2.20. The van der Waals surface area contributed by atoms with Gasteiger partial charge in [0.1, 0.15) is 0 Å². The first-order chi connectivity index (χ1) is 16.0. The van der Waals surface area contributed by atoms with Gasteiger partial charge in [-0.05, 0) is 79.3 Å². The van der Waals surface area contributed by atoms with Gasteiger partial charge < -0.3 is 20.4 Å². The summed E-state index contributed by atoms with van der Waals surface area (Å²) < 4.78 is 0. The van der Waals surface area contributed by atoms with Crippen molar-refractivity contribution >= 4 is 23.4 Å². The Morgan fingerprint density at radius 1 is 0.727 bits per heavy atom. The number of carbonyl (C=O) groups is 2. The maximum atomic E-state index is 12.5. The summed E-state index contributed by atoms with van der Waals surface area (Å²) in [5.74, 6) is 1.14. The fourth-order valence-electron chi connectivity index (χ4n) is 4.80. The lowest BCUT2D eigenvalue weighted by atomic mass is 10.0. The first-order valence-electron chi connectivity index (χ1n) is 12.3. The summed E-state index contributed by atoms with van der Waals surface area (Å²) in [5, 5.41) is 6.04. The van der Waals surface area contributed by atoms with Crippen LogP contribution in [0.2, 0.25) is 0 Å². The van der Waals surface area contributed by atoms with Crippen LogP contribution in [0.15, 0.2) is 48.5 Å². The Kier molecular flexibility index (Phi) is 7.53. The van der Waals surface area contributed by atoms with Crippen LogP contribution in [-0.4, -0.2) is 48.0 Å².